The maximum Gasteiger partial charge on any atom is 0.264 e. The molecule has 41 heavy (non-hydrogen) atoms. The van der Waals surface area contributed by atoms with Crippen LogP contribution in [0, 0.1) is 6.92 Å². The van der Waals surface area contributed by atoms with E-state index in [2.05, 4.69) is 5.32 Å². The van der Waals surface area contributed by atoms with Crippen molar-refractivity contribution in [1.82, 2.24) is 10.2 Å². The lowest BCUT2D eigenvalue weighted by atomic mass is 10.1. The van der Waals surface area contributed by atoms with Gasteiger partial charge in [0.1, 0.15) is 18.3 Å². The largest absolute Gasteiger partial charge is 0.497 e. The standard InChI is InChI=1S/C30H37N3O7S/c1-7-31-30(35)22(3)32(19-23-9-8-10-25(17-23)38-4)29(34)20-33(24-13-16-27(39-5)28(18-24)40-6)41(36,37)26-14-11-21(2)12-15-26/h8-18,22H,7,19-20H2,1-6H3,(H,31,35). The molecule has 1 unspecified atom stereocenters. The summed E-state index contributed by atoms with van der Waals surface area (Å²) in [5.41, 5.74) is 1.80. The quantitative estimate of drug-likeness (QED) is 0.326. The Hall–Kier alpha value is -4.25. The van der Waals surface area contributed by atoms with Crippen LogP contribution in [0.1, 0.15) is 25.0 Å². The molecule has 0 aromatic heterocycles. The number of amides is 2. The Labute approximate surface area is 241 Å². The number of rotatable bonds is 13. The van der Waals surface area contributed by atoms with Crippen molar-refractivity contribution in [2.75, 3.05) is 38.7 Å². The summed E-state index contributed by atoms with van der Waals surface area (Å²) in [6.07, 6.45) is 0. The van der Waals surface area contributed by atoms with Gasteiger partial charge in [0.15, 0.2) is 11.5 Å². The van der Waals surface area contributed by atoms with Gasteiger partial charge in [-0.25, -0.2) is 8.42 Å². The first-order chi connectivity index (χ1) is 19.5. The van der Waals surface area contributed by atoms with Crippen molar-refractivity contribution in [2.45, 2.75) is 38.3 Å². The number of aryl methyl sites for hydroxylation is 1. The lowest BCUT2D eigenvalue weighted by Gasteiger charge is -2.32. The van der Waals surface area contributed by atoms with E-state index in [9.17, 15) is 18.0 Å². The summed E-state index contributed by atoms with van der Waals surface area (Å²) in [4.78, 5) is 28.2. The molecule has 3 aromatic carbocycles. The molecule has 0 heterocycles. The molecule has 11 heteroatoms. The van der Waals surface area contributed by atoms with Crippen molar-refractivity contribution >= 4 is 27.5 Å². The van der Waals surface area contributed by atoms with E-state index in [1.165, 1.54) is 44.4 Å². The van der Waals surface area contributed by atoms with Gasteiger partial charge in [-0.15, -0.1) is 0 Å². The Balaban J connectivity index is 2.09. The van der Waals surface area contributed by atoms with E-state index >= 15 is 0 Å². The number of ether oxygens (including phenoxy) is 3. The molecule has 3 aromatic rings. The van der Waals surface area contributed by atoms with E-state index in [0.717, 1.165) is 9.87 Å². The second-order valence-corrected chi connectivity index (χ2v) is 11.2. The van der Waals surface area contributed by atoms with Crippen LogP contribution in [0.25, 0.3) is 0 Å². The number of likely N-dealkylation sites (N-methyl/N-ethyl adjacent to an activating group) is 1. The fourth-order valence-electron chi connectivity index (χ4n) is 4.22. The van der Waals surface area contributed by atoms with Crippen molar-refractivity contribution in [1.29, 1.82) is 0 Å². The van der Waals surface area contributed by atoms with Gasteiger partial charge in [-0.05, 0) is 62.7 Å². The zero-order chi connectivity index (χ0) is 30.2. The van der Waals surface area contributed by atoms with Gasteiger partial charge in [0.05, 0.1) is 31.9 Å². The van der Waals surface area contributed by atoms with Crippen LogP contribution < -0.4 is 23.8 Å². The molecule has 0 saturated carbocycles. The van der Waals surface area contributed by atoms with Crippen LogP contribution in [0.5, 0.6) is 17.2 Å². The van der Waals surface area contributed by atoms with Crippen LogP contribution >= 0.6 is 0 Å². The fourth-order valence-corrected chi connectivity index (χ4v) is 5.62. The second-order valence-electron chi connectivity index (χ2n) is 9.31. The van der Waals surface area contributed by atoms with Crippen LogP contribution in [0.4, 0.5) is 5.69 Å². The van der Waals surface area contributed by atoms with Gasteiger partial charge < -0.3 is 24.4 Å². The van der Waals surface area contributed by atoms with Gasteiger partial charge in [0.25, 0.3) is 10.0 Å². The third-order valence-electron chi connectivity index (χ3n) is 6.55. The van der Waals surface area contributed by atoms with E-state index in [1.807, 2.05) is 13.0 Å². The van der Waals surface area contributed by atoms with Crippen LogP contribution in [-0.4, -0.2) is 65.6 Å². The number of methoxy groups -OCH3 is 3. The molecule has 0 fully saturated rings. The lowest BCUT2D eigenvalue weighted by Crippen LogP contribution is -2.51. The zero-order valence-corrected chi connectivity index (χ0v) is 25.0. The number of anilines is 1. The highest BCUT2D eigenvalue weighted by molar-refractivity contribution is 7.92. The van der Waals surface area contributed by atoms with Crippen molar-refractivity contribution in [3.63, 3.8) is 0 Å². The normalized spacial score (nSPS) is 11.8. The number of hydrogen-bond acceptors (Lipinski definition) is 7. The Morgan fingerprint density at radius 3 is 2.20 bits per heavy atom. The van der Waals surface area contributed by atoms with Gasteiger partial charge in [-0.1, -0.05) is 29.8 Å². The van der Waals surface area contributed by atoms with Gasteiger partial charge in [0, 0.05) is 19.2 Å². The predicted molar refractivity (Wildman–Crippen MR) is 157 cm³/mol. The molecule has 0 aliphatic heterocycles. The molecule has 1 atom stereocenters. The van der Waals surface area contributed by atoms with Crippen molar-refractivity contribution in [2.24, 2.45) is 0 Å². The van der Waals surface area contributed by atoms with Crippen molar-refractivity contribution < 1.29 is 32.2 Å². The van der Waals surface area contributed by atoms with Gasteiger partial charge in [-0.2, -0.15) is 0 Å². The number of carbonyl (C=O) groups excluding carboxylic acids is 2. The molecule has 220 valence electrons. The summed E-state index contributed by atoms with van der Waals surface area (Å²) in [6, 6.07) is 17.2. The summed E-state index contributed by atoms with van der Waals surface area (Å²) in [6.45, 7) is 5.11. The van der Waals surface area contributed by atoms with E-state index in [0.29, 0.717) is 29.4 Å². The van der Waals surface area contributed by atoms with Gasteiger partial charge >= 0.3 is 0 Å². The molecular formula is C30H37N3O7S. The maximum atomic E-state index is 14.0. The zero-order valence-electron chi connectivity index (χ0n) is 24.2. The van der Waals surface area contributed by atoms with Crippen LogP contribution in [0.3, 0.4) is 0 Å². The number of nitrogens with zero attached hydrogens (tertiary/aromatic N) is 2. The van der Waals surface area contributed by atoms with Crippen LogP contribution in [-0.2, 0) is 26.2 Å². The summed E-state index contributed by atoms with van der Waals surface area (Å²) < 4.78 is 45.0. The van der Waals surface area contributed by atoms with Crippen LogP contribution in [0.15, 0.2) is 71.6 Å². The molecule has 0 saturated heterocycles. The van der Waals surface area contributed by atoms with E-state index < -0.39 is 28.5 Å². The average molecular weight is 584 g/mol. The Morgan fingerprint density at radius 1 is 0.902 bits per heavy atom. The van der Waals surface area contributed by atoms with Gasteiger partial charge in [-0.3, -0.25) is 13.9 Å². The first kappa shape index (κ1) is 31.3. The smallest absolute Gasteiger partial charge is 0.264 e. The molecule has 1 N–H and O–H groups in total. The third kappa shape index (κ3) is 7.49. The summed E-state index contributed by atoms with van der Waals surface area (Å²) >= 11 is 0. The average Bonchev–Trinajstić information content (AvgIpc) is 2.98. The minimum atomic E-state index is -4.21. The monoisotopic (exact) mass is 583 g/mol. The first-order valence-corrected chi connectivity index (χ1v) is 14.5. The minimum Gasteiger partial charge on any atom is -0.497 e. The summed E-state index contributed by atoms with van der Waals surface area (Å²) in [5, 5.41) is 2.74. The lowest BCUT2D eigenvalue weighted by molar-refractivity contribution is -0.139. The van der Waals surface area contributed by atoms with Crippen LogP contribution in [0.2, 0.25) is 0 Å². The third-order valence-corrected chi connectivity index (χ3v) is 8.34. The molecular weight excluding hydrogens is 546 g/mol. The molecule has 0 radical (unpaired) electrons. The fraction of sp³-hybridized carbons (Fsp3) is 0.333. The van der Waals surface area contributed by atoms with E-state index in [4.69, 9.17) is 14.2 Å². The topological polar surface area (TPSA) is 114 Å². The second kappa shape index (κ2) is 13.9. The molecule has 0 aliphatic carbocycles. The van der Waals surface area contributed by atoms with Gasteiger partial charge in [0.2, 0.25) is 11.8 Å². The highest BCUT2D eigenvalue weighted by atomic mass is 32.2. The van der Waals surface area contributed by atoms with Crippen molar-refractivity contribution in [3.05, 3.63) is 77.9 Å². The Bertz CT molecular complexity index is 1460. The first-order valence-electron chi connectivity index (χ1n) is 13.1. The van der Waals surface area contributed by atoms with E-state index in [-0.39, 0.29) is 23.0 Å². The molecule has 3 rings (SSSR count). The molecule has 0 spiro atoms. The molecule has 0 bridgehead atoms. The number of carbonyl (C=O) groups is 2. The minimum absolute atomic E-state index is 0.0156. The number of sulfonamides is 1. The Kier molecular flexibility index (Phi) is 10.6. The number of hydrogen-bond donors (Lipinski definition) is 1. The highest BCUT2D eigenvalue weighted by Gasteiger charge is 2.33. The molecule has 2 amide bonds. The van der Waals surface area contributed by atoms with E-state index in [1.54, 1.807) is 56.3 Å². The molecule has 0 aliphatic rings. The number of benzene rings is 3. The Morgan fingerprint density at radius 2 is 1.59 bits per heavy atom. The predicted octanol–water partition coefficient (Wildman–Crippen LogP) is 3.77. The highest BCUT2D eigenvalue weighted by Crippen LogP contribution is 2.34. The molecule has 10 nitrogen and oxygen atoms in total. The summed E-state index contributed by atoms with van der Waals surface area (Å²) in [7, 11) is 0.236. The SMILES string of the molecule is CCNC(=O)C(C)N(Cc1cccc(OC)c1)C(=O)CN(c1ccc(OC)c(OC)c1)S(=O)(=O)c1ccc(C)cc1. The van der Waals surface area contributed by atoms with Crippen molar-refractivity contribution in [3.8, 4) is 17.2 Å². The number of nitrogens with one attached hydrogen (secondary N) is 1. The maximum absolute atomic E-state index is 14.0. The summed E-state index contributed by atoms with van der Waals surface area (Å²) in [5.74, 6) is 0.361.